The maximum atomic E-state index is 11.8. The molecule has 0 spiro atoms. The molecular weight excluding hydrogens is 270 g/mol. The molecule has 2 N–H and O–H groups in total. The van der Waals surface area contributed by atoms with E-state index in [1.54, 1.807) is 11.8 Å². The average molecular weight is 293 g/mol. The normalized spacial score (nSPS) is 19.8. The van der Waals surface area contributed by atoms with Gasteiger partial charge in [0.2, 0.25) is 5.91 Å². The lowest BCUT2D eigenvalue weighted by molar-refractivity contribution is -0.122. The summed E-state index contributed by atoms with van der Waals surface area (Å²) in [4.78, 5) is 15.3. The molecule has 0 aromatic heterocycles. The van der Waals surface area contributed by atoms with Gasteiger partial charge in [-0.1, -0.05) is 18.2 Å². The number of carbonyl (C=O) groups excluding carboxylic acids is 1. The van der Waals surface area contributed by atoms with Crippen LogP contribution in [0, 0.1) is 0 Å². The molecule has 0 aliphatic carbocycles. The van der Waals surface area contributed by atoms with Crippen molar-refractivity contribution in [1.82, 2.24) is 15.5 Å². The smallest absolute Gasteiger partial charge is 0.234 e. The van der Waals surface area contributed by atoms with Crippen LogP contribution in [0.5, 0.6) is 0 Å². The van der Waals surface area contributed by atoms with Gasteiger partial charge < -0.3 is 10.6 Å². The van der Waals surface area contributed by atoms with Crippen molar-refractivity contribution in [2.75, 3.05) is 38.5 Å². The van der Waals surface area contributed by atoms with Crippen LogP contribution in [0.2, 0.25) is 0 Å². The molecule has 2 rings (SSSR count). The number of piperazine rings is 1. The number of hydrogen-bond donors (Lipinski definition) is 2. The molecule has 1 aliphatic heterocycles. The molecular formula is C15H23N3OS. The molecule has 0 saturated carbocycles. The molecule has 1 saturated heterocycles. The van der Waals surface area contributed by atoms with E-state index in [4.69, 9.17) is 0 Å². The molecule has 0 bridgehead atoms. The molecule has 1 atom stereocenters. The Morgan fingerprint density at radius 1 is 1.45 bits per heavy atom. The van der Waals surface area contributed by atoms with Gasteiger partial charge in [0.1, 0.15) is 0 Å². The van der Waals surface area contributed by atoms with Gasteiger partial charge in [0.05, 0.1) is 6.54 Å². The predicted molar refractivity (Wildman–Crippen MR) is 84.1 cm³/mol. The Kier molecular flexibility index (Phi) is 6.36. The summed E-state index contributed by atoms with van der Waals surface area (Å²) in [5.74, 6) is 1.04. The van der Waals surface area contributed by atoms with Crippen molar-refractivity contribution in [2.24, 2.45) is 0 Å². The van der Waals surface area contributed by atoms with Crippen LogP contribution in [0.4, 0.5) is 0 Å². The molecule has 110 valence electrons. The van der Waals surface area contributed by atoms with E-state index in [1.165, 1.54) is 4.90 Å². The summed E-state index contributed by atoms with van der Waals surface area (Å²) >= 11 is 1.77. The van der Waals surface area contributed by atoms with Crippen LogP contribution in [-0.4, -0.2) is 55.3 Å². The molecule has 4 nitrogen and oxygen atoms in total. The summed E-state index contributed by atoms with van der Waals surface area (Å²) in [6.07, 6.45) is 0. The van der Waals surface area contributed by atoms with Crippen molar-refractivity contribution >= 4 is 17.7 Å². The number of hydrogen-bond acceptors (Lipinski definition) is 4. The van der Waals surface area contributed by atoms with Crippen molar-refractivity contribution in [1.29, 1.82) is 0 Å². The average Bonchev–Trinajstić information content (AvgIpc) is 2.45. The quantitative estimate of drug-likeness (QED) is 0.611. The van der Waals surface area contributed by atoms with Gasteiger partial charge in [0, 0.05) is 42.9 Å². The zero-order valence-electron chi connectivity index (χ0n) is 12.0. The van der Waals surface area contributed by atoms with E-state index in [0.717, 1.165) is 31.9 Å². The number of benzene rings is 1. The fourth-order valence-electron chi connectivity index (χ4n) is 2.29. The first-order chi connectivity index (χ1) is 9.74. The Balaban J connectivity index is 1.58. The highest BCUT2D eigenvalue weighted by Crippen LogP contribution is 2.15. The van der Waals surface area contributed by atoms with E-state index in [2.05, 4.69) is 34.6 Å². The second-order valence-electron chi connectivity index (χ2n) is 5.10. The minimum atomic E-state index is 0.132. The first-order valence-corrected chi connectivity index (χ1v) is 8.13. The Bertz CT molecular complexity index is 413. The van der Waals surface area contributed by atoms with Gasteiger partial charge in [0.25, 0.3) is 0 Å². The van der Waals surface area contributed by atoms with Gasteiger partial charge in [0.15, 0.2) is 0 Å². The lowest BCUT2D eigenvalue weighted by Crippen LogP contribution is -2.51. The van der Waals surface area contributed by atoms with E-state index >= 15 is 0 Å². The highest BCUT2D eigenvalue weighted by Gasteiger charge is 2.17. The molecule has 1 fully saturated rings. The minimum absolute atomic E-state index is 0.132. The Morgan fingerprint density at radius 2 is 2.25 bits per heavy atom. The van der Waals surface area contributed by atoms with Gasteiger partial charge in [-0.2, -0.15) is 0 Å². The lowest BCUT2D eigenvalue weighted by atomic mass is 10.2. The van der Waals surface area contributed by atoms with Crippen LogP contribution in [-0.2, 0) is 4.79 Å². The summed E-state index contributed by atoms with van der Waals surface area (Å²) in [5, 5.41) is 6.37. The van der Waals surface area contributed by atoms with Gasteiger partial charge in [-0.15, -0.1) is 11.8 Å². The third-order valence-corrected chi connectivity index (χ3v) is 4.27. The zero-order valence-corrected chi connectivity index (χ0v) is 12.8. The van der Waals surface area contributed by atoms with Crippen molar-refractivity contribution < 1.29 is 4.79 Å². The first kappa shape index (κ1) is 15.4. The van der Waals surface area contributed by atoms with Crippen LogP contribution in [0.1, 0.15) is 6.92 Å². The van der Waals surface area contributed by atoms with E-state index < -0.39 is 0 Å². The van der Waals surface area contributed by atoms with Crippen LogP contribution in [0.25, 0.3) is 0 Å². The largest absolute Gasteiger partial charge is 0.354 e. The summed E-state index contributed by atoms with van der Waals surface area (Å²) in [6, 6.07) is 10.7. The minimum Gasteiger partial charge on any atom is -0.354 e. The highest BCUT2D eigenvalue weighted by atomic mass is 32.2. The molecule has 5 heteroatoms. The monoisotopic (exact) mass is 293 g/mol. The number of amides is 1. The fraction of sp³-hybridized carbons (Fsp3) is 0.533. The fourth-order valence-corrected chi connectivity index (χ4v) is 3.08. The second kappa shape index (κ2) is 8.29. The van der Waals surface area contributed by atoms with E-state index in [9.17, 15) is 4.79 Å². The number of carbonyl (C=O) groups is 1. The van der Waals surface area contributed by atoms with E-state index in [-0.39, 0.29) is 5.91 Å². The van der Waals surface area contributed by atoms with Crippen molar-refractivity contribution in [3.63, 3.8) is 0 Å². The molecule has 0 radical (unpaired) electrons. The molecule has 1 aliphatic rings. The molecule has 1 aromatic carbocycles. The number of thioether (sulfide) groups is 1. The van der Waals surface area contributed by atoms with Crippen molar-refractivity contribution in [3.05, 3.63) is 30.3 Å². The number of nitrogens with one attached hydrogen (secondary N) is 2. The molecule has 1 amide bonds. The van der Waals surface area contributed by atoms with Gasteiger partial charge in [-0.05, 0) is 19.1 Å². The van der Waals surface area contributed by atoms with Gasteiger partial charge in [-0.25, -0.2) is 0 Å². The first-order valence-electron chi connectivity index (χ1n) is 7.14. The van der Waals surface area contributed by atoms with Crippen LogP contribution < -0.4 is 10.6 Å². The third kappa shape index (κ3) is 5.53. The zero-order chi connectivity index (χ0) is 14.2. The third-order valence-electron chi connectivity index (χ3n) is 3.26. The Morgan fingerprint density at radius 3 is 3.00 bits per heavy atom. The topological polar surface area (TPSA) is 44.4 Å². The van der Waals surface area contributed by atoms with Crippen LogP contribution >= 0.6 is 11.8 Å². The highest BCUT2D eigenvalue weighted by molar-refractivity contribution is 7.99. The molecule has 1 heterocycles. The van der Waals surface area contributed by atoms with Crippen molar-refractivity contribution in [2.45, 2.75) is 17.9 Å². The van der Waals surface area contributed by atoms with Crippen molar-refractivity contribution in [3.8, 4) is 0 Å². The van der Waals surface area contributed by atoms with Crippen LogP contribution in [0.15, 0.2) is 35.2 Å². The lowest BCUT2D eigenvalue weighted by Gasteiger charge is -2.31. The maximum absolute atomic E-state index is 11.8. The summed E-state index contributed by atoms with van der Waals surface area (Å²) in [7, 11) is 0. The van der Waals surface area contributed by atoms with E-state index in [1.807, 2.05) is 18.2 Å². The number of nitrogens with zero attached hydrogens (tertiary/aromatic N) is 1. The van der Waals surface area contributed by atoms with Crippen LogP contribution in [0.3, 0.4) is 0 Å². The van der Waals surface area contributed by atoms with Gasteiger partial charge in [-0.3, -0.25) is 9.69 Å². The van der Waals surface area contributed by atoms with E-state index in [0.29, 0.717) is 12.6 Å². The Labute approximate surface area is 125 Å². The summed E-state index contributed by atoms with van der Waals surface area (Å²) in [5.41, 5.74) is 0. The maximum Gasteiger partial charge on any atom is 0.234 e. The summed E-state index contributed by atoms with van der Waals surface area (Å²) in [6.45, 7) is 6.27. The summed E-state index contributed by atoms with van der Waals surface area (Å²) < 4.78 is 0. The Hall–Kier alpha value is -1.04. The standard InChI is InChI=1S/C15H23N3OS/c1-13-11-18(9-7-16-13)12-15(19)17-8-10-20-14-5-3-2-4-6-14/h2-6,13,16H,7-12H2,1H3,(H,17,19). The second-order valence-corrected chi connectivity index (χ2v) is 6.27. The predicted octanol–water partition coefficient (Wildman–Crippen LogP) is 1.19. The van der Waals surface area contributed by atoms with Gasteiger partial charge >= 0.3 is 0 Å². The molecule has 1 unspecified atom stereocenters. The molecule has 20 heavy (non-hydrogen) atoms. The molecule has 1 aromatic rings. The SMILES string of the molecule is CC1CN(CC(=O)NCCSc2ccccc2)CCN1. The number of rotatable bonds is 6.